The Morgan fingerprint density at radius 3 is 2.36 bits per heavy atom. The third-order valence-electron chi connectivity index (χ3n) is 7.46. The molecule has 5 rings (SSSR count). The number of fused-ring (bicyclic) bond motifs is 1. The molecule has 0 aliphatic carbocycles. The molecule has 2 aliphatic heterocycles. The maximum atomic E-state index is 10.6. The lowest BCUT2D eigenvalue weighted by molar-refractivity contribution is -0.192. The molecule has 0 spiro atoms. The maximum Gasteiger partial charge on any atom is 0.490 e. The topological polar surface area (TPSA) is 114 Å². The summed E-state index contributed by atoms with van der Waals surface area (Å²) < 4.78 is 31.7. The normalized spacial score (nSPS) is 16.2. The number of alkyl halides is 3. The quantitative estimate of drug-likeness (QED) is 0.325. The van der Waals surface area contributed by atoms with Crippen LogP contribution in [-0.2, 0) is 11.2 Å². The van der Waals surface area contributed by atoms with Gasteiger partial charge in [-0.3, -0.25) is 5.10 Å². The summed E-state index contributed by atoms with van der Waals surface area (Å²) in [6, 6.07) is 4.17. The van der Waals surface area contributed by atoms with Crippen molar-refractivity contribution in [1.82, 2.24) is 25.1 Å². The van der Waals surface area contributed by atoms with Gasteiger partial charge < -0.3 is 25.1 Å². The molecule has 0 radical (unpaired) electrons. The molecule has 1 aromatic carbocycles. The number of aromatic amines is 1. The molecule has 0 unspecified atom stereocenters. The number of anilines is 3. The number of piperazine rings is 1. The Morgan fingerprint density at radius 1 is 1.10 bits per heavy atom. The van der Waals surface area contributed by atoms with Gasteiger partial charge in [0.25, 0.3) is 0 Å². The molecule has 2 aliphatic rings. The molecule has 0 bridgehead atoms. The second kappa shape index (κ2) is 13.8. The van der Waals surface area contributed by atoms with E-state index in [2.05, 4.69) is 73.1 Å². The summed E-state index contributed by atoms with van der Waals surface area (Å²) in [4.78, 5) is 25.3. The standard InChI is InChI=1S/C26H37ClN8.C2HF3O2/c1-18(2)14-22-24-25(32-31-22)29-17-30-26(24)35-12-10-34(11-13-35)23-16-20(27)15-21(19(23)3)28-6-9-33-7-4-5-8-33;3-2(4,5)1(6)7/h15-18,28H,4-14H2,1-3H3,(H,29,30,31,32);(H,6,7). The van der Waals surface area contributed by atoms with E-state index in [0.29, 0.717) is 5.92 Å². The van der Waals surface area contributed by atoms with Crippen LogP contribution in [0.1, 0.15) is 37.9 Å². The number of nitrogens with one attached hydrogen (secondary N) is 2. The number of hydrogen-bond acceptors (Lipinski definition) is 8. The summed E-state index contributed by atoms with van der Waals surface area (Å²) >= 11 is 6.57. The number of carboxylic acid groups (broad SMARTS) is 1. The second-order valence-electron chi connectivity index (χ2n) is 11.0. The van der Waals surface area contributed by atoms with Crippen molar-refractivity contribution in [3.63, 3.8) is 0 Å². The number of H-pyrrole nitrogens is 1. The van der Waals surface area contributed by atoms with Crippen LogP contribution >= 0.6 is 11.6 Å². The van der Waals surface area contributed by atoms with Crippen LogP contribution in [0.2, 0.25) is 5.02 Å². The average molecular weight is 611 g/mol. The molecule has 3 N–H and O–H groups in total. The molecular formula is C28H38ClF3N8O2. The Balaban J connectivity index is 0.000000517. The largest absolute Gasteiger partial charge is 0.490 e. The first-order valence-corrected chi connectivity index (χ1v) is 14.6. The van der Waals surface area contributed by atoms with Gasteiger partial charge in [-0.05, 0) is 62.9 Å². The van der Waals surface area contributed by atoms with Crippen molar-refractivity contribution in [2.75, 3.05) is 67.5 Å². The van der Waals surface area contributed by atoms with Gasteiger partial charge in [-0.1, -0.05) is 25.4 Å². The first kappa shape index (κ1) is 31.6. The van der Waals surface area contributed by atoms with Crippen molar-refractivity contribution >= 4 is 45.8 Å². The van der Waals surface area contributed by atoms with Crippen molar-refractivity contribution in [3.05, 3.63) is 34.7 Å². The van der Waals surface area contributed by atoms with Crippen LogP contribution in [0.15, 0.2) is 18.5 Å². The molecule has 14 heteroatoms. The zero-order valence-corrected chi connectivity index (χ0v) is 24.9. The van der Waals surface area contributed by atoms with Crippen molar-refractivity contribution in [2.24, 2.45) is 5.92 Å². The van der Waals surface area contributed by atoms with Gasteiger partial charge in [0.1, 0.15) is 12.1 Å². The highest BCUT2D eigenvalue weighted by atomic mass is 35.5. The first-order valence-electron chi connectivity index (χ1n) is 14.2. The van der Waals surface area contributed by atoms with E-state index in [9.17, 15) is 13.2 Å². The Hall–Kier alpha value is -3.32. The zero-order valence-electron chi connectivity index (χ0n) is 24.1. The van der Waals surface area contributed by atoms with E-state index in [0.717, 1.165) is 78.9 Å². The average Bonchev–Trinajstić information content (AvgIpc) is 3.60. The highest BCUT2D eigenvalue weighted by Gasteiger charge is 2.38. The summed E-state index contributed by atoms with van der Waals surface area (Å²) in [6.07, 6.45) is 0.122. The minimum absolute atomic E-state index is 0.523. The van der Waals surface area contributed by atoms with Gasteiger partial charge in [-0.15, -0.1) is 0 Å². The lowest BCUT2D eigenvalue weighted by atomic mass is 10.1. The molecule has 0 amide bonds. The fourth-order valence-electron chi connectivity index (χ4n) is 5.37. The molecule has 0 saturated carbocycles. The van der Waals surface area contributed by atoms with Gasteiger partial charge in [0, 0.05) is 55.7 Å². The van der Waals surface area contributed by atoms with Crippen LogP contribution in [-0.4, -0.2) is 94.7 Å². The molecule has 4 heterocycles. The number of benzene rings is 1. The van der Waals surface area contributed by atoms with Gasteiger partial charge in [-0.2, -0.15) is 18.3 Å². The van der Waals surface area contributed by atoms with Crippen LogP contribution in [0.4, 0.5) is 30.4 Å². The number of carbonyl (C=O) groups is 1. The van der Waals surface area contributed by atoms with Gasteiger partial charge in [0.2, 0.25) is 0 Å². The SMILES string of the molecule is Cc1c(NCCN2CCCC2)cc(Cl)cc1N1CCN(c2ncnc3[nH]nc(CC(C)C)c23)CC1.O=C(O)C(F)(F)F. The molecule has 2 aromatic heterocycles. The van der Waals surface area contributed by atoms with Gasteiger partial charge >= 0.3 is 12.1 Å². The number of aromatic nitrogens is 4. The lowest BCUT2D eigenvalue weighted by Crippen LogP contribution is -2.47. The summed E-state index contributed by atoms with van der Waals surface area (Å²) in [6.45, 7) is 14.7. The lowest BCUT2D eigenvalue weighted by Gasteiger charge is -2.38. The number of carboxylic acids is 1. The minimum Gasteiger partial charge on any atom is -0.475 e. The minimum atomic E-state index is -5.08. The predicted molar refractivity (Wildman–Crippen MR) is 159 cm³/mol. The number of nitrogens with zero attached hydrogens (tertiary/aromatic N) is 6. The smallest absolute Gasteiger partial charge is 0.475 e. The van der Waals surface area contributed by atoms with E-state index in [1.54, 1.807) is 6.33 Å². The van der Waals surface area contributed by atoms with E-state index in [1.165, 1.54) is 37.2 Å². The van der Waals surface area contributed by atoms with Crippen molar-refractivity contribution in [3.8, 4) is 0 Å². The van der Waals surface area contributed by atoms with Crippen LogP contribution < -0.4 is 15.1 Å². The second-order valence-corrected chi connectivity index (χ2v) is 11.5. The zero-order chi connectivity index (χ0) is 30.4. The monoisotopic (exact) mass is 610 g/mol. The summed E-state index contributed by atoms with van der Waals surface area (Å²) in [7, 11) is 0. The van der Waals surface area contributed by atoms with Crippen molar-refractivity contribution in [1.29, 1.82) is 0 Å². The van der Waals surface area contributed by atoms with Crippen LogP contribution in [0.3, 0.4) is 0 Å². The Morgan fingerprint density at radius 2 is 1.74 bits per heavy atom. The summed E-state index contributed by atoms with van der Waals surface area (Å²) in [5, 5.41) is 20.3. The molecule has 0 atom stereocenters. The third-order valence-corrected chi connectivity index (χ3v) is 7.68. The number of aliphatic carboxylic acids is 1. The molecule has 3 aromatic rings. The van der Waals surface area contributed by atoms with Crippen LogP contribution in [0, 0.1) is 12.8 Å². The number of halogens is 4. The molecule has 230 valence electrons. The van der Waals surface area contributed by atoms with E-state index >= 15 is 0 Å². The molecule has 2 fully saturated rings. The number of rotatable bonds is 8. The van der Waals surface area contributed by atoms with E-state index in [-0.39, 0.29) is 0 Å². The Kier molecular flexibility index (Phi) is 10.4. The van der Waals surface area contributed by atoms with E-state index < -0.39 is 12.1 Å². The van der Waals surface area contributed by atoms with Crippen molar-refractivity contribution in [2.45, 2.75) is 46.2 Å². The van der Waals surface area contributed by atoms with Gasteiger partial charge in [0.05, 0.1) is 11.1 Å². The van der Waals surface area contributed by atoms with Crippen molar-refractivity contribution < 1.29 is 23.1 Å². The summed E-state index contributed by atoms with van der Waals surface area (Å²) in [5.74, 6) is -1.24. The van der Waals surface area contributed by atoms with E-state index in [1.807, 2.05) is 0 Å². The first-order chi connectivity index (χ1) is 19.9. The molecule has 10 nitrogen and oxygen atoms in total. The van der Waals surface area contributed by atoms with Crippen LogP contribution in [0.5, 0.6) is 0 Å². The molecule has 42 heavy (non-hydrogen) atoms. The predicted octanol–water partition coefficient (Wildman–Crippen LogP) is 4.98. The Bertz CT molecular complexity index is 1350. The number of hydrogen-bond donors (Lipinski definition) is 3. The fraction of sp³-hybridized carbons (Fsp3) is 0.571. The highest BCUT2D eigenvalue weighted by Crippen LogP contribution is 2.33. The summed E-state index contributed by atoms with van der Waals surface area (Å²) in [5.41, 5.74) is 5.51. The van der Waals surface area contributed by atoms with Crippen LogP contribution in [0.25, 0.3) is 11.0 Å². The van der Waals surface area contributed by atoms with Gasteiger partial charge in [0.15, 0.2) is 5.65 Å². The third kappa shape index (κ3) is 7.94. The Labute approximate surface area is 248 Å². The molecule has 2 saturated heterocycles. The highest BCUT2D eigenvalue weighted by molar-refractivity contribution is 6.31. The fourth-order valence-corrected chi connectivity index (χ4v) is 5.58. The molecular weight excluding hydrogens is 573 g/mol. The van der Waals surface area contributed by atoms with E-state index in [4.69, 9.17) is 21.5 Å². The van der Waals surface area contributed by atoms with Gasteiger partial charge in [-0.25, -0.2) is 14.8 Å². The maximum absolute atomic E-state index is 10.6. The number of likely N-dealkylation sites (tertiary alicyclic amines) is 1.